The molecule has 0 unspecified atom stereocenters. The van der Waals surface area contributed by atoms with Gasteiger partial charge in [0.1, 0.15) is 5.82 Å². The van der Waals surface area contributed by atoms with Crippen LogP contribution in [0.1, 0.15) is 35.0 Å². The van der Waals surface area contributed by atoms with Crippen molar-refractivity contribution in [2.24, 2.45) is 0 Å². The molecule has 32 heavy (non-hydrogen) atoms. The number of benzene rings is 2. The van der Waals surface area contributed by atoms with Crippen molar-refractivity contribution < 1.29 is 9.18 Å². The van der Waals surface area contributed by atoms with E-state index in [2.05, 4.69) is 10.4 Å². The molecule has 0 radical (unpaired) electrons. The molecule has 7 heteroatoms. The molecule has 4 aromatic rings. The quantitative estimate of drug-likeness (QED) is 0.479. The SMILES string of the molecule is Cc1nc2c3ccccc3nn2c(C)c1CCC(=O)NC[C@@H](c1cccc(F)c1)N(C)C. The van der Waals surface area contributed by atoms with Gasteiger partial charge in [-0.1, -0.05) is 24.3 Å². The summed E-state index contributed by atoms with van der Waals surface area (Å²) in [5.41, 5.74) is 5.54. The molecule has 0 bridgehead atoms. The van der Waals surface area contributed by atoms with Crippen molar-refractivity contribution in [2.75, 3.05) is 20.6 Å². The van der Waals surface area contributed by atoms with E-state index >= 15 is 0 Å². The van der Waals surface area contributed by atoms with Crippen LogP contribution in [0.25, 0.3) is 16.6 Å². The predicted molar refractivity (Wildman–Crippen MR) is 124 cm³/mol. The molecular weight excluding hydrogens is 405 g/mol. The van der Waals surface area contributed by atoms with E-state index in [0.29, 0.717) is 19.4 Å². The highest BCUT2D eigenvalue weighted by atomic mass is 19.1. The number of hydrogen-bond acceptors (Lipinski definition) is 4. The maximum atomic E-state index is 13.6. The Bertz CT molecular complexity index is 1280. The minimum absolute atomic E-state index is 0.0437. The van der Waals surface area contributed by atoms with Gasteiger partial charge in [-0.05, 0) is 69.8 Å². The summed E-state index contributed by atoms with van der Waals surface area (Å²) < 4.78 is 15.5. The zero-order valence-corrected chi connectivity index (χ0v) is 18.9. The van der Waals surface area contributed by atoms with E-state index in [-0.39, 0.29) is 17.8 Å². The minimum Gasteiger partial charge on any atom is -0.354 e. The molecular formula is C25H28FN5O. The van der Waals surface area contributed by atoms with Crippen molar-refractivity contribution in [1.82, 2.24) is 24.8 Å². The van der Waals surface area contributed by atoms with E-state index in [1.165, 1.54) is 12.1 Å². The van der Waals surface area contributed by atoms with Crippen molar-refractivity contribution in [3.05, 3.63) is 76.9 Å². The lowest BCUT2D eigenvalue weighted by Gasteiger charge is -2.25. The molecule has 0 saturated heterocycles. The average Bonchev–Trinajstić information content (AvgIpc) is 3.12. The Morgan fingerprint density at radius 2 is 1.94 bits per heavy atom. The lowest BCUT2D eigenvalue weighted by Crippen LogP contribution is -2.34. The lowest BCUT2D eigenvalue weighted by molar-refractivity contribution is -0.121. The van der Waals surface area contributed by atoms with Crippen LogP contribution < -0.4 is 5.32 Å². The van der Waals surface area contributed by atoms with Crippen LogP contribution in [0.2, 0.25) is 0 Å². The zero-order chi connectivity index (χ0) is 22.8. The van der Waals surface area contributed by atoms with Gasteiger partial charge in [-0.25, -0.2) is 13.9 Å². The number of hydrogen-bond donors (Lipinski definition) is 1. The van der Waals surface area contributed by atoms with Crippen LogP contribution in [0.15, 0.2) is 48.5 Å². The fraction of sp³-hybridized carbons (Fsp3) is 0.320. The second kappa shape index (κ2) is 9.04. The number of carbonyl (C=O) groups excluding carboxylic acids is 1. The average molecular weight is 434 g/mol. The van der Waals surface area contributed by atoms with E-state index in [1.54, 1.807) is 6.07 Å². The van der Waals surface area contributed by atoms with E-state index in [9.17, 15) is 9.18 Å². The lowest BCUT2D eigenvalue weighted by atomic mass is 10.0. The maximum Gasteiger partial charge on any atom is 0.220 e. The van der Waals surface area contributed by atoms with Crippen molar-refractivity contribution in [1.29, 1.82) is 0 Å². The molecule has 2 aromatic heterocycles. The second-order valence-electron chi connectivity index (χ2n) is 8.35. The van der Waals surface area contributed by atoms with Crippen molar-refractivity contribution in [3.8, 4) is 0 Å². The first kappa shape index (κ1) is 21.9. The third kappa shape index (κ3) is 4.34. The number of amides is 1. The maximum absolute atomic E-state index is 13.6. The molecule has 2 aromatic carbocycles. The Hall–Kier alpha value is -3.32. The number of nitrogens with zero attached hydrogens (tertiary/aromatic N) is 4. The van der Waals surface area contributed by atoms with Gasteiger partial charge in [-0.3, -0.25) is 4.79 Å². The van der Waals surface area contributed by atoms with Crippen LogP contribution in [-0.4, -0.2) is 46.0 Å². The van der Waals surface area contributed by atoms with Gasteiger partial charge in [-0.15, -0.1) is 0 Å². The highest BCUT2D eigenvalue weighted by molar-refractivity contribution is 5.92. The first-order valence-electron chi connectivity index (χ1n) is 10.8. The van der Waals surface area contributed by atoms with E-state index < -0.39 is 0 Å². The summed E-state index contributed by atoms with van der Waals surface area (Å²) in [6.45, 7) is 4.41. The minimum atomic E-state index is -0.277. The number of rotatable bonds is 7. The number of aryl methyl sites for hydroxylation is 2. The van der Waals surface area contributed by atoms with Crippen molar-refractivity contribution in [2.45, 2.75) is 32.7 Å². The van der Waals surface area contributed by atoms with Crippen LogP contribution in [-0.2, 0) is 11.2 Å². The normalized spacial score (nSPS) is 12.6. The first-order chi connectivity index (χ1) is 15.3. The third-order valence-corrected chi connectivity index (χ3v) is 5.97. The molecule has 0 aliphatic carbocycles. The summed E-state index contributed by atoms with van der Waals surface area (Å²) in [5, 5.41) is 8.71. The van der Waals surface area contributed by atoms with Gasteiger partial charge >= 0.3 is 0 Å². The zero-order valence-electron chi connectivity index (χ0n) is 18.9. The Kier molecular flexibility index (Phi) is 6.19. The van der Waals surface area contributed by atoms with Crippen molar-refractivity contribution in [3.63, 3.8) is 0 Å². The molecule has 6 nitrogen and oxygen atoms in total. The van der Waals surface area contributed by atoms with Crippen LogP contribution >= 0.6 is 0 Å². The number of aromatic nitrogens is 3. The smallest absolute Gasteiger partial charge is 0.220 e. The number of likely N-dealkylation sites (N-methyl/N-ethyl adjacent to an activating group) is 1. The molecule has 4 rings (SSSR count). The Morgan fingerprint density at radius 1 is 1.16 bits per heavy atom. The predicted octanol–water partition coefficient (Wildman–Crippen LogP) is 3.99. The first-order valence-corrected chi connectivity index (χ1v) is 10.8. The van der Waals surface area contributed by atoms with E-state index in [0.717, 1.165) is 39.1 Å². The van der Waals surface area contributed by atoms with Crippen LogP contribution in [0, 0.1) is 19.7 Å². The number of fused-ring (bicyclic) bond motifs is 3. The third-order valence-electron chi connectivity index (χ3n) is 5.97. The standard InChI is InChI=1S/C25H28FN5O/c1-16-20(17(2)31-25(28-16)21-10-5-6-11-22(21)29-31)12-13-24(32)27-15-23(30(3)4)18-8-7-9-19(26)14-18/h5-11,14,23H,12-13,15H2,1-4H3,(H,27,32)/t23-/m0/s1. The van der Waals surface area contributed by atoms with E-state index in [1.807, 2.05) is 67.7 Å². The number of nitrogens with one attached hydrogen (secondary N) is 1. The summed E-state index contributed by atoms with van der Waals surface area (Å²) in [4.78, 5) is 19.4. The van der Waals surface area contributed by atoms with Gasteiger partial charge in [0, 0.05) is 29.7 Å². The largest absolute Gasteiger partial charge is 0.354 e. The van der Waals surface area contributed by atoms with Gasteiger partial charge in [0.2, 0.25) is 5.91 Å². The fourth-order valence-corrected chi connectivity index (χ4v) is 4.19. The molecule has 0 fully saturated rings. The highest BCUT2D eigenvalue weighted by Crippen LogP contribution is 2.23. The van der Waals surface area contributed by atoms with Gasteiger partial charge in [0.25, 0.3) is 0 Å². The molecule has 0 aliphatic rings. The summed E-state index contributed by atoms with van der Waals surface area (Å²) in [5.74, 6) is -0.321. The summed E-state index contributed by atoms with van der Waals surface area (Å²) in [6, 6.07) is 14.4. The molecule has 166 valence electrons. The molecule has 0 saturated carbocycles. The second-order valence-corrected chi connectivity index (χ2v) is 8.35. The summed E-state index contributed by atoms with van der Waals surface area (Å²) >= 11 is 0. The monoisotopic (exact) mass is 433 g/mol. The highest BCUT2D eigenvalue weighted by Gasteiger charge is 2.18. The molecule has 0 aliphatic heterocycles. The molecule has 1 N–H and O–H groups in total. The topological polar surface area (TPSA) is 62.5 Å². The van der Waals surface area contributed by atoms with E-state index in [4.69, 9.17) is 4.98 Å². The molecule has 1 amide bonds. The van der Waals surface area contributed by atoms with Gasteiger partial charge < -0.3 is 10.2 Å². The molecule has 2 heterocycles. The fourth-order valence-electron chi connectivity index (χ4n) is 4.19. The Balaban J connectivity index is 1.46. The Morgan fingerprint density at radius 3 is 2.69 bits per heavy atom. The van der Waals surface area contributed by atoms with Gasteiger partial charge in [0.05, 0.1) is 11.6 Å². The summed E-state index contributed by atoms with van der Waals surface area (Å²) in [7, 11) is 3.84. The van der Waals surface area contributed by atoms with Crippen LogP contribution in [0.5, 0.6) is 0 Å². The molecule has 0 spiro atoms. The number of halogens is 1. The van der Waals surface area contributed by atoms with Crippen LogP contribution in [0.4, 0.5) is 4.39 Å². The van der Waals surface area contributed by atoms with Crippen LogP contribution in [0.3, 0.4) is 0 Å². The van der Waals surface area contributed by atoms with Gasteiger partial charge in [0.15, 0.2) is 5.65 Å². The van der Waals surface area contributed by atoms with Crippen molar-refractivity contribution >= 4 is 22.5 Å². The van der Waals surface area contributed by atoms with Gasteiger partial charge in [-0.2, -0.15) is 5.10 Å². The number of carbonyl (C=O) groups is 1. The summed E-state index contributed by atoms with van der Waals surface area (Å²) in [6.07, 6.45) is 0.925. The molecule has 1 atom stereocenters. The Labute approximate surface area is 187 Å².